The molecule has 0 spiro atoms. The fraction of sp³-hybridized carbons (Fsp3) is 0.800. The minimum Gasteiger partial charge on any atom is -0.336 e. The van der Waals surface area contributed by atoms with Crippen molar-refractivity contribution in [3.05, 3.63) is 0 Å². The highest BCUT2D eigenvalue weighted by Gasteiger charge is 2.10. The summed E-state index contributed by atoms with van der Waals surface area (Å²) in [6.07, 6.45) is 0. The van der Waals surface area contributed by atoms with Crippen LogP contribution in [-0.2, 0) is 4.79 Å². The maximum absolute atomic E-state index is 11.4. The summed E-state index contributed by atoms with van der Waals surface area (Å²) in [6.45, 7) is 5.46. The van der Waals surface area contributed by atoms with Crippen molar-refractivity contribution in [3.63, 3.8) is 0 Å². The number of carbonyl (C=O) groups is 2. The molecule has 0 aromatic rings. The molecule has 16 heavy (non-hydrogen) atoms. The summed E-state index contributed by atoms with van der Waals surface area (Å²) in [5, 5.41) is 7.84. The average molecular weight is 230 g/mol. The van der Waals surface area contributed by atoms with E-state index in [0.717, 1.165) is 13.1 Å². The van der Waals surface area contributed by atoms with E-state index in [4.69, 9.17) is 0 Å². The Morgan fingerprint density at radius 3 is 2.44 bits per heavy atom. The Morgan fingerprint density at radius 2 is 1.94 bits per heavy atom. The number of likely N-dealkylation sites (N-methyl/N-ethyl adjacent to an activating group) is 2. The molecule has 3 amide bonds. The third-order valence-corrected chi connectivity index (χ3v) is 1.83. The lowest BCUT2D eigenvalue weighted by Crippen LogP contribution is -2.46. The van der Waals surface area contributed by atoms with Gasteiger partial charge in [0.25, 0.3) is 0 Å². The van der Waals surface area contributed by atoms with Crippen molar-refractivity contribution in [3.8, 4) is 0 Å². The smallest absolute Gasteiger partial charge is 0.321 e. The first-order valence-corrected chi connectivity index (χ1v) is 5.39. The largest absolute Gasteiger partial charge is 0.336 e. The van der Waals surface area contributed by atoms with Crippen molar-refractivity contribution in [1.82, 2.24) is 20.9 Å². The molecule has 3 N–H and O–H groups in total. The molecule has 6 heteroatoms. The number of urea groups is 1. The molecule has 0 aromatic carbocycles. The van der Waals surface area contributed by atoms with Crippen LogP contribution in [0.15, 0.2) is 0 Å². The van der Waals surface area contributed by atoms with Gasteiger partial charge in [-0.2, -0.15) is 0 Å². The van der Waals surface area contributed by atoms with E-state index in [1.165, 1.54) is 0 Å². The van der Waals surface area contributed by atoms with Crippen LogP contribution >= 0.6 is 0 Å². The highest BCUT2D eigenvalue weighted by Crippen LogP contribution is 1.82. The Hall–Kier alpha value is -1.14. The minimum absolute atomic E-state index is 0.0230. The van der Waals surface area contributed by atoms with Crippen LogP contribution in [0.5, 0.6) is 0 Å². The van der Waals surface area contributed by atoms with Gasteiger partial charge in [-0.05, 0) is 27.9 Å². The Bertz CT molecular complexity index is 231. The Morgan fingerprint density at radius 1 is 1.31 bits per heavy atom. The summed E-state index contributed by atoms with van der Waals surface area (Å²) >= 11 is 0. The summed E-state index contributed by atoms with van der Waals surface area (Å²) in [7, 11) is 3.68. The van der Waals surface area contributed by atoms with Crippen LogP contribution in [0.1, 0.15) is 13.8 Å². The zero-order valence-electron chi connectivity index (χ0n) is 10.5. The van der Waals surface area contributed by atoms with Gasteiger partial charge < -0.3 is 10.6 Å². The zero-order chi connectivity index (χ0) is 12.6. The van der Waals surface area contributed by atoms with Crippen LogP contribution < -0.4 is 16.0 Å². The summed E-state index contributed by atoms with van der Waals surface area (Å²) < 4.78 is 0. The number of amides is 3. The molecule has 6 nitrogen and oxygen atoms in total. The molecule has 0 atom stereocenters. The molecule has 0 aliphatic rings. The lowest BCUT2D eigenvalue weighted by molar-refractivity contribution is -0.120. The third kappa shape index (κ3) is 8.19. The van der Waals surface area contributed by atoms with E-state index in [0.29, 0.717) is 0 Å². The summed E-state index contributed by atoms with van der Waals surface area (Å²) in [5.41, 5.74) is 0. The number of hydrogen-bond acceptors (Lipinski definition) is 4. The van der Waals surface area contributed by atoms with Gasteiger partial charge in [-0.15, -0.1) is 0 Å². The molecule has 0 aromatic heterocycles. The van der Waals surface area contributed by atoms with Gasteiger partial charge in [-0.1, -0.05) is 0 Å². The second kappa shape index (κ2) is 8.06. The van der Waals surface area contributed by atoms with Crippen LogP contribution in [0, 0.1) is 0 Å². The monoisotopic (exact) mass is 230 g/mol. The first kappa shape index (κ1) is 14.9. The van der Waals surface area contributed by atoms with Crippen LogP contribution in [0.25, 0.3) is 0 Å². The predicted molar refractivity (Wildman–Crippen MR) is 63.2 cm³/mol. The van der Waals surface area contributed by atoms with Crippen LogP contribution in [-0.4, -0.2) is 56.6 Å². The second-order valence-corrected chi connectivity index (χ2v) is 4.02. The van der Waals surface area contributed by atoms with Gasteiger partial charge in [0.1, 0.15) is 0 Å². The summed E-state index contributed by atoms with van der Waals surface area (Å²) in [6, 6.07) is -0.420. The van der Waals surface area contributed by atoms with Gasteiger partial charge in [0, 0.05) is 19.1 Å². The van der Waals surface area contributed by atoms with E-state index in [9.17, 15) is 9.59 Å². The van der Waals surface area contributed by atoms with Gasteiger partial charge in [0.2, 0.25) is 5.91 Å². The molecule has 0 aliphatic carbocycles. The third-order valence-electron chi connectivity index (χ3n) is 1.83. The maximum atomic E-state index is 11.4. The Balaban J connectivity index is 3.76. The van der Waals surface area contributed by atoms with E-state index < -0.39 is 6.03 Å². The van der Waals surface area contributed by atoms with Gasteiger partial charge in [0.05, 0.1) is 6.54 Å². The molecule has 0 radical (unpaired) electrons. The maximum Gasteiger partial charge on any atom is 0.321 e. The van der Waals surface area contributed by atoms with Crippen molar-refractivity contribution in [2.45, 2.75) is 19.9 Å². The quantitative estimate of drug-likeness (QED) is 0.568. The van der Waals surface area contributed by atoms with Crippen molar-refractivity contribution < 1.29 is 9.59 Å². The highest BCUT2D eigenvalue weighted by molar-refractivity contribution is 5.95. The van der Waals surface area contributed by atoms with Gasteiger partial charge >= 0.3 is 6.03 Å². The topological polar surface area (TPSA) is 73.5 Å². The standard InChI is InChI=1S/C10H22N4O2/c1-8(2)12-10(16)13-9(15)7-14(4)6-5-11-3/h8,11H,5-7H2,1-4H3,(H2,12,13,15,16). The van der Waals surface area contributed by atoms with Crippen molar-refractivity contribution >= 4 is 11.9 Å². The number of hydrogen-bond donors (Lipinski definition) is 3. The number of carbonyl (C=O) groups excluding carboxylic acids is 2. The first-order chi connectivity index (χ1) is 7.45. The molecule has 94 valence electrons. The molecule has 0 heterocycles. The van der Waals surface area contributed by atoms with Crippen LogP contribution in [0.4, 0.5) is 4.79 Å². The number of nitrogens with one attached hydrogen (secondary N) is 3. The summed E-state index contributed by atoms with van der Waals surface area (Å²) in [4.78, 5) is 24.4. The van der Waals surface area contributed by atoms with Gasteiger partial charge in [-0.3, -0.25) is 15.0 Å². The zero-order valence-corrected chi connectivity index (χ0v) is 10.5. The van der Waals surface area contributed by atoms with E-state index in [-0.39, 0.29) is 18.5 Å². The normalized spacial score (nSPS) is 10.6. The van der Waals surface area contributed by atoms with Crippen molar-refractivity contribution in [2.75, 3.05) is 33.7 Å². The number of nitrogens with zero attached hydrogens (tertiary/aromatic N) is 1. The van der Waals surface area contributed by atoms with Gasteiger partial charge in [0.15, 0.2) is 0 Å². The molecule has 0 rings (SSSR count). The minimum atomic E-state index is -0.443. The molecule has 0 unspecified atom stereocenters. The predicted octanol–water partition coefficient (Wildman–Crippen LogP) is -0.628. The SMILES string of the molecule is CNCCN(C)CC(=O)NC(=O)NC(C)C. The number of imide groups is 1. The lowest BCUT2D eigenvalue weighted by Gasteiger charge is -2.16. The van der Waals surface area contributed by atoms with Crippen molar-refractivity contribution in [2.24, 2.45) is 0 Å². The van der Waals surface area contributed by atoms with Gasteiger partial charge in [-0.25, -0.2) is 4.79 Å². The highest BCUT2D eigenvalue weighted by atomic mass is 16.2. The average Bonchev–Trinajstić information content (AvgIpc) is 2.12. The molecule has 0 bridgehead atoms. The Kier molecular flexibility index (Phi) is 7.49. The van der Waals surface area contributed by atoms with Crippen LogP contribution in [0.3, 0.4) is 0 Å². The summed E-state index contributed by atoms with van der Waals surface area (Å²) in [5.74, 6) is -0.295. The van der Waals surface area contributed by atoms with Crippen molar-refractivity contribution in [1.29, 1.82) is 0 Å². The lowest BCUT2D eigenvalue weighted by atomic mass is 10.4. The molecule has 0 aliphatic heterocycles. The number of rotatable bonds is 6. The van der Waals surface area contributed by atoms with E-state index in [1.807, 2.05) is 32.8 Å². The second-order valence-electron chi connectivity index (χ2n) is 4.02. The molecular weight excluding hydrogens is 208 g/mol. The first-order valence-electron chi connectivity index (χ1n) is 5.39. The fourth-order valence-electron chi connectivity index (χ4n) is 1.09. The molecular formula is C10H22N4O2. The Labute approximate surface area is 96.8 Å². The molecule has 0 saturated carbocycles. The molecule has 0 fully saturated rings. The van der Waals surface area contributed by atoms with E-state index in [1.54, 1.807) is 0 Å². The molecule has 0 saturated heterocycles. The van der Waals surface area contributed by atoms with E-state index in [2.05, 4.69) is 16.0 Å². The van der Waals surface area contributed by atoms with Crippen LogP contribution in [0.2, 0.25) is 0 Å². The fourth-order valence-corrected chi connectivity index (χ4v) is 1.09. The van der Waals surface area contributed by atoms with E-state index >= 15 is 0 Å².